The van der Waals surface area contributed by atoms with Gasteiger partial charge in [-0.3, -0.25) is 9.88 Å². The predicted octanol–water partition coefficient (Wildman–Crippen LogP) is 5.64. The van der Waals surface area contributed by atoms with Crippen LogP contribution >= 0.6 is 22.7 Å². The third-order valence-electron chi connectivity index (χ3n) is 5.00. The van der Waals surface area contributed by atoms with Crippen LogP contribution in [-0.4, -0.2) is 16.4 Å². The monoisotopic (exact) mass is 380 g/mol. The van der Waals surface area contributed by atoms with E-state index >= 15 is 0 Å². The Bertz CT molecular complexity index is 1060. The molecule has 2 nitrogen and oxygen atoms in total. The van der Waals surface area contributed by atoms with Gasteiger partial charge in [-0.15, -0.1) is 22.7 Å². The molecular formula is C21H17FN2S2. The molecule has 4 heterocycles. The van der Waals surface area contributed by atoms with Crippen LogP contribution in [0.2, 0.25) is 0 Å². The van der Waals surface area contributed by atoms with Crippen molar-refractivity contribution in [3.05, 3.63) is 86.1 Å². The maximum absolute atomic E-state index is 14.2. The van der Waals surface area contributed by atoms with Crippen LogP contribution in [0.15, 0.2) is 59.4 Å². The highest BCUT2D eigenvalue weighted by atomic mass is 32.1. The molecule has 0 fully saturated rings. The molecule has 1 aromatic carbocycles. The van der Waals surface area contributed by atoms with Gasteiger partial charge in [-0.1, -0.05) is 12.1 Å². The second-order valence-corrected chi connectivity index (χ2v) is 8.56. The number of nitrogens with zero attached hydrogens (tertiary/aromatic N) is 2. The molecule has 1 aliphatic heterocycles. The lowest BCUT2D eigenvalue weighted by molar-refractivity contribution is 0.209. The third kappa shape index (κ3) is 2.76. The average Bonchev–Trinajstić information content (AvgIpc) is 3.33. The number of pyridine rings is 1. The Balaban J connectivity index is 1.58. The van der Waals surface area contributed by atoms with Gasteiger partial charge in [-0.25, -0.2) is 4.39 Å². The number of thiophene rings is 2. The van der Waals surface area contributed by atoms with Gasteiger partial charge in [0.25, 0.3) is 0 Å². The molecule has 5 heteroatoms. The fourth-order valence-electron chi connectivity index (χ4n) is 3.89. The molecule has 0 aliphatic carbocycles. The third-order valence-corrected chi connectivity index (χ3v) is 6.92. The smallest absolute Gasteiger partial charge is 0.124 e. The zero-order valence-corrected chi connectivity index (χ0v) is 15.7. The van der Waals surface area contributed by atoms with Gasteiger partial charge in [-0.05, 0) is 58.6 Å². The number of hydrogen-bond donors (Lipinski definition) is 0. The van der Waals surface area contributed by atoms with Crippen molar-refractivity contribution in [2.24, 2.45) is 0 Å². The van der Waals surface area contributed by atoms with E-state index in [1.165, 1.54) is 15.3 Å². The highest BCUT2D eigenvalue weighted by molar-refractivity contribution is 7.10. The number of hydrogen-bond acceptors (Lipinski definition) is 4. The first-order valence-electron chi connectivity index (χ1n) is 8.66. The SMILES string of the molecule is Fc1cc(CN2CCc3sccc3C2c2cccs2)c2ncccc2c1. The number of fused-ring (bicyclic) bond motifs is 2. The molecule has 0 bridgehead atoms. The lowest BCUT2D eigenvalue weighted by atomic mass is 9.97. The van der Waals surface area contributed by atoms with E-state index in [1.54, 1.807) is 29.7 Å². The topological polar surface area (TPSA) is 16.1 Å². The maximum atomic E-state index is 14.2. The van der Waals surface area contributed by atoms with Gasteiger partial charge in [-0.2, -0.15) is 0 Å². The summed E-state index contributed by atoms with van der Waals surface area (Å²) >= 11 is 3.64. The molecule has 0 saturated carbocycles. The first kappa shape index (κ1) is 16.1. The van der Waals surface area contributed by atoms with Crippen molar-refractivity contribution < 1.29 is 4.39 Å². The van der Waals surface area contributed by atoms with Crippen LogP contribution in [0.3, 0.4) is 0 Å². The molecule has 1 aliphatic rings. The van der Waals surface area contributed by atoms with Crippen molar-refractivity contribution >= 4 is 33.6 Å². The lowest BCUT2D eigenvalue weighted by Crippen LogP contribution is -2.34. The van der Waals surface area contributed by atoms with E-state index < -0.39 is 0 Å². The largest absolute Gasteiger partial charge is 0.287 e. The Morgan fingerprint density at radius 3 is 2.96 bits per heavy atom. The molecule has 26 heavy (non-hydrogen) atoms. The number of halogens is 1. The molecular weight excluding hydrogens is 363 g/mol. The van der Waals surface area contributed by atoms with Crippen LogP contribution in [0, 0.1) is 5.82 Å². The average molecular weight is 381 g/mol. The molecule has 4 aromatic rings. The highest BCUT2D eigenvalue weighted by Gasteiger charge is 2.30. The minimum atomic E-state index is -0.193. The Labute approximate surface area is 159 Å². The van der Waals surface area contributed by atoms with E-state index in [2.05, 4.69) is 38.8 Å². The highest BCUT2D eigenvalue weighted by Crippen LogP contribution is 2.40. The van der Waals surface area contributed by atoms with Gasteiger partial charge in [0.1, 0.15) is 5.82 Å². The Morgan fingerprint density at radius 1 is 1.12 bits per heavy atom. The summed E-state index contributed by atoms with van der Waals surface area (Å²) in [6.07, 6.45) is 2.84. The van der Waals surface area contributed by atoms with Crippen molar-refractivity contribution in [3.8, 4) is 0 Å². The van der Waals surface area contributed by atoms with E-state index in [1.807, 2.05) is 23.5 Å². The van der Waals surface area contributed by atoms with E-state index in [0.717, 1.165) is 29.4 Å². The fourth-order valence-corrected chi connectivity index (χ4v) is 5.67. The minimum Gasteiger partial charge on any atom is -0.287 e. The van der Waals surface area contributed by atoms with E-state index in [0.29, 0.717) is 6.54 Å². The van der Waals surface area contributed by atoms with Crippen LogP contribution in [0.5, 0.6) is 0 Å². The second-order valence-electron chi connectivity index (χ2n) is 6.58. The van der Waals surface area contributed by atoms with Crippen LogP contribution in [-0.2, 0) is 13.0 Å². The predicted molar refractivity (Wildman–Crippen MR) is 106 cm³/mol. The normalized spacial score (nSPS) is 17.5. The molecule has 3 aromatic heterocycles. The standard InChI is InChI=1S/C21H17FN2S2/c22-16-11-14-3-1-7-23-20(14)15(12-16)13-24-8-5-18-17(6-10-26-18)21(24)19-4-2-9-25-19/h1-4,6-7,9-12,21H,5,8,13H2. The van der Waals surface area contributed by atoms with Crippen LogP contribution in [0.4, 0.5) is 4.39 Å². The lowest BCUT2D eigenvalue weighted by Gasteiger charge is -2.35. The number of aromatic nitrogens is 1. The summed E-state index contributed by atoms with van der Waals surface area (Å²) < 4.78 is 14.2. The van der Waals surface area contributed by atoms with Crippen molar-refractivity contribution in [1.29, 1.82) is 0 Å². The Hall–Kier alpha value is -2.08. The minimum absolute atomic E-state index is 0.193. The van der Waals surface area contributed by atoms with Crippen LogP contribution in [0.25, 0.3) is 10.9 Å². The summed E-state index contributed by atoms with van der Waals surface area (Å²) in [6, 6.07) is 13.8. The van der Waals surface area contributed by atoms with Crippen molar-refractivity contribution in [2.75, 3.05) is 6.54 Å². The zero-order valence-electron chi connectivity index (χ0n) is 14.1. The number of rotatable bonds is 3. The zero-order chi connectivity index (χ0) is 17.5. The number of benzene rings is 1. The molecule has 130 valence electrons. The Kier molecular flexibility index (Phi) is 4.08. The van der Waals surface area contributed by atoms with Gasteiger partial charge < -0.3 is 0 Å². The second kappa shape index (κ2) is 6.58. The summed E-state index contributed by atoms with van der Waals surface area (Å²) in [5, 5.41) is 5.18. The molecule has 1 unspecified atom stereocenters. The summed E-state index contributed by atoms with van der Waals surface area (Å²) in [5.41, 5.74) is 3.26. The maximum Gasteiger partial charge on any atom is 0.124 e. The first-order chi connectivity index (χ1) is 12.8. The first-order valence-corrected chi connectivity index (χ1v) is 10.4. The van der Waals surface area contributed by atoms with Gasteiger partial charge in [0.05, 0.1) is 11.6 Å². The summed E-state index contributed by atoms with van der Waals surface area (Å²) in [4.78, 5) is 9.80. The van der Waals surface area contributed by atoms with Crippen molar-refractivity contribution in [2.45, 2.75) is 19.0 Å². The molecule has 1 atom stereocenters. The molecule has 0 N–H and O–H groups in total. The van der Waals surface area contributed by atoms with Gasteiger partial charge >= 0.3 is 0 Å². The fraction of sp³-hybridized carbons (Fsp3) is 0.190. The molecule has 0 spiro atoms. The van der Waals surface area contributed by atoms with Crippen molar-refractivity contribution in [3.63, 3.8) is 0 Å². The van der Waals surface area contributed by atoms with E-state index in [-0.39, 0.29) is 11.9 Å². The van der Waals surface area contributed by atoms with Crippen LogP contribution < -0.4 is 0 Å². The summed E-state index contributed by atoms with van der Waals surface area (Å²) in [5.74, 6) is -0.193. The van der Waals surface area contributed by atoms with Gasteiger partial charge in [0, 0.05) is 34.4 Å². The van der Waals surface area contributed by atoms with Gasteiger partial charge in [0.15, 0.2) is 0 Å². The molecule has 0 amide bonds. The van der Waals surface area contributed by atoms with Crippen LogP contribution in [0.1, 0.15) is 26.9 Å². The molecule has 0 radical (unpaired) electrons. The van der Waals surface area contributed by atoms with E-state index in [9.17, 15) is 4.39 Å². The van der Waals surface area contributed by atoms with Gasteiger partial charge in [0.2, 0.25) is 0 Å². The molecule has 5 rings (SSSR count). The van der Waals surface area contributed by atoms with Crippen molar-refractivity contribution in [1.82, 2.24) is 9.88 Å². The van der Waals surface area contributed by atoms with E-state index in [4.69, 9.17) is 0 Å². The Morgan fingerprint density at radius 2 is 2.08 bits per heavy atom. The summed E-state index contributed by atoms with van der Waals surface area (Å²) in [6.45, 7) is 1.67. The molecule has 0 saturated heterocycles. The summed E-state index contributed by atoms with van der Waals surface area (Å²) in [7, 11) is 0. The quantitative estimate of drug-likeness (QED) is 0.457.